The van der Waals surface area contributed by atoms with Crippen LogP contribution in [0, 0.1) is 27.7 Å². The average Bonchev–Trinajstić information content (AvgIpc) is 3.99. The smallest absolute Gasteiger partial charge is 0.0928 e. The molecular formula is C40H30N12. The van der Waals surface area contributed by atoms with Crippen LogP contribution in [0.3, 0.4) is 0 Å². The van der Waals surface area contributed by atoms with Crippen molar-refractivity contribution in [2.75, 3.05) is 0 Å². The summed E-state index contributed by atoms with van der Waals surface area (Å²) in [5.41, 5.74) is 15.2. The minimum absolute atomic E-state index is 0.674. The molecule has 52 heavy (non-hydrogen) atoms. The fourth-order valence-corrected chi connectivity index (χ4v) is 6.37. The van der Waals surface area contributed by atoms with Gasteiger partial charge >= 0.3 is 0 Å². The molecule has 0 saturated carbocycles. The van der Waals surface area contributed by atoms with Crippen LogP contribution in [0.4, 0.5) is 0 Å². The van der Waals surface area contributed by atoms with Gasteiger partial charge in [0.15, 0.2) is 0 Å². The third-order valence-electron chi connectivity index (χ3n) is 8.90. The van der Waals surface area contributed by atoms with Gasteiger partial charge in [0.2, 0.25) is 0 Å². The summed E-state index contributed by atoms with van der Waals surface area (Å²) in [5.74, 6) is 0. The van der Waals surface area contributed by atoms with E-state index in [9.17, 15) is 0 Å². The van der Waals surface area contributed by atoms with Crippen molar-refractivity contribution in [1.29, 1.82) is 0 Å². The largest absolute Gasteiger partial charge is 0.354 e. The minimum Gasteiger partial charge on any atom is -0.354 e. The van der Waals surface area contributed by atoms with E-state index in [2.05, 4.69) is 29.9 Å². The highest BCUT2D eigenvalue weighted by molar-refractivity contribution is 5.98. The summed E-state index contributed by atoms with van der Waals surface area (Å²) in [6.07, 6.45) is 22.1. The van der Waals surface area contributed by atoms with Gasteiger partial charge < -0.3 is 9.97 Å². The number of hydrogen-bond acceptors (Lipinski definition) is 10. The van der Waals surface area contributed by atoms with Crippen LogP contribution in [0.5, 0.6) is 0 Å². The van der Waals surface area contributed by atoms with Crippen molar-refractivity contribution in [3.8, 4) is 45.0 Å². The van der Waals surface area contributed by atoms with Gasteiger partial charge in [0.1, 0.15) is 0 Å². The average molecular weight is 679 g/mol. The lowest BCUT2D eigenvalue weighted by Gasteiger charge is -2.06. The molecule has 0 atom stereocenters. The maximum absolute atomic E-state index is 5.23. The second kappa shape index (κ2) is 12.4. The predicted molar refractivity (Wildman–Crippen MR) is 202 cm³/mol. The third kappa shape index (κ3) is 5.52. The van der Waals surface area contributed by atoms with Crippen molar-refractivity contribution < 1.29 is 0 Å². The lowest BCUT2D eigenvalue weighted by atomic mass is 10.1. The van der Waals surface area contributed by atoms with E-state index < -0.39 is 0 Å². The lowest BCUT2D eigenvalue weighted by molar-refractivity contribution is 1.11. The molecular weight excluding hydrogens is 649 g/mol. The molecule has 9 rings (SSSR count). The number of aromatic nitrogens is 12. The molecule has 0 saturated heterocycles. The summed E-state index contributed by atoms with van der Waals surface area (Å²) >= 11 is 0. The molecule has 0 aromatic carbocycles. The minimum atomic E-state index is 0.674. The van der Waals surface area contributed by atoms with Gasteiger partial charge in [-0.05, 0) is 76.3 Å². The summed E-state index contributed by atoms with van der Waals surface area (Å²) in [7, 11) is 0. The number of hydrogen-bond donors (Lipinski definition) is 2. The molecule has 250 valence electrons. The van der Waals surface area contributed by atoms with Crippen LogP contribution >= 0.6 is 0 Å². The zero-order valence-electron chi connectivity index (χ0n) is 28.7. The Hall–Kier alpha value is -7.08. The van der Waals surface area contributed by atoms with Crippen LogP contribution in [-0.2, 0) is 0 Å². The third-order valence-corrected chi connectivity index (χ3v) is 8.90. The summed E-state index contributed by atoms with van der Waals surface area (Å²) < 4.78 is 0. The second-order valence-corrected chi connectivity index (χ2v) is 12.7. The van der Waals surface area contributed by atoms with Crippen LogP contribution in [0.25, 0.3) is 91.4 Å². The van der Waals surface area contributed by atoms with E-state index in [1.807, 2.05) is 76.3 Å². The lowest BCUT2D eigenvalue weighted by Crippen LogP contribution is -1.94. The van der Waals surface area contributed by atoms with Crippen molar-refractivity contribution in [2.45, 2.75) is 27.7 Å². The molecule has 2 N–H and O–H groups in total. The summed E-state index contributed by atoms with van der Waals surface area (Å²) in [6, 6.07) is 8.10. The van der Waals surface area contributed by atoms with Gasteiger partial charge in [-0.25, -0.2) is 9.97 Å². The van der Waals surface area contributed by atoms with Gasteiger partial charge in [0, 0.05) is 24.8 Å². The number of rotatable bonds is 4. The van der Waals surface area contributed by atoms with Crippen LogP contribution in [0.2, 0.25) is 0 Å². The van der Waals surface area contributed by atoms with Gasteiger partial charge in [-0.3, -0.25) is 39.9 Å². The summed E-state index contributed by atoms with van der Waals surface area (Å²) in [5, 5.41) is 0. The Kier molecular flexibility index (Phi) is 7.35. The molecule has 2 aliphatic rings. The van der Waals surface area contributed by atoms with Crippen LogP contribution < -0.4 is 0 Å². The zero-order valence-corrected chi connectivity index (χ0v) is 28.7. The molecule has 0 aliphatic carbocycles. The molecule has 8 bridgehead atoms. The van der Waals surface area contributed by atoms with Gasteiger partial charge in [-0.2, -0.15) is 0 Å². The Labute approximate surface area is 297 Å². The highest BCUT2D eigenvalue weighted by Gasteiger charge is 2.20. The Morgan fingerprint density at radius 2 is 0.577 bits per heavy atom. The quantitative estimate of drug-likeness (QED) is 0.189. The van der Waals surface area contributed by atoms with Crippen LogP contribution in [-0.4, -0.2) is 59.8 Å². The number of aryl methyl sites for hydroxylation is 4. The molecule has 0 fully saturated rings. The zero-order chi connectivity index (χ0) is 35.3. The first-order valence-corrected chi connectivity index (χ1v) is 16.7. The fraction of sp³-hybridized carbons (Fsp3) is 0.100. The number of fused-ring (bicyclic) bond motifs is 8. The molecule has 0 spiro atoms. The van der Waals surface area contributed by atoms with Crippen molar-refractivity contribution in [3.63, 3.8) is 0 Å². The van der Waals surface area contributed by atoms with Crippen LogP contribution in [0.1, 0.15) is 45.6 Å². The number of aromatic amines is 2. The summed E-state index contributed by atoms with van der Waals surface area (Å²) in [6.45, 7) is 7.67. The van der Waals surface area contributed by atoms with Crippen molar-refractivity contribution in [1.82, 2.24) is 59.8 Å². The van der Waals surface area contributed by atoms with Gasteiger partial charge in [0.05, 0.1) is 137 Å². The highest BCUT2D eigenvalue weighted by Crippen LogP contribution is 2.36. The highest BCUT2D eigenvalue weighted by atomic mass is 14.9. The van der Waals surface area contributed by atoms with Crippen LogP contribution in [0.15, 0.2) is 73.8 Å². The molecule has 9 heterocycles. The van der Waals surface area contributed by atoms with E-state index in [0.717, 1.165) is 67.1 Å². The molecule has 7 aromatic rings. The van der Waals surface area contributed by atoms with E-state index in [0.29, 0.717) is 45.6 Å². The molecule has 7 aromatic heterocycles. The standard InChI is InChI=1S/C40H30N12/c1-21-13-45-33(17-41-21)37-25-5-7-27(49-25)38(34-18-42-22(2)14-46-34)29-9-11-31(51-29)40(36-20-44-24(4)16-48-36)32-12-10-30(52-32)39(28-8-6-26(37)50-28)35-19-43-23(3)15-47-35/h5-20,49,52H,1-4H3. The first-order chi connectivity index (χ1) is 25.4. The predicted octanol–water partition coefficient (Wildman–Crippen LogP) is 7.72. The van der Waals surface area contributed by atoms with E-state index in [1.165, 1.54) is 0 Å². The monoisotopic (exact) mass is 678 g/mol. The van der Waals surface area contributed by atoms with Gasteiger partial charge in [-0.15, -0.1) is 0 Å². The first-order valence-electron chi connectivity index (χ1n) is 16.7. The number of H-pyrrole nitrogens is 2. The maximum Gasteiger partial charge on any atom is 0.0928 e. The van der Waals surface area contributed by atoms with Gasteiger partial charge in [-0.1, -0.05) is 0 Å². The topological polar surface area (TPSA) is 160 Å². The maximum atomic E-state index is 5.23. The molecule has 0 radical (unpaired) electrons. The number of nitrogens with one attached hydrogen (secondary N) is 2. The van der Waals surface area contributed by atoms with E-state index >= 15 is 0 Å². The Bertz CT molecular complexity index is 2370. The molecule has 12 nitrogen and oxygen atoms in total. The van der Waals surface area contributed by atoms with Gasteiger partial charge in [0.25, 0.3) is 0 Å². The SMILES string of the molecule is Cc1cnc(-c2c3nc(c(-c4cnc(C)cn4)c4ccc([nH]4)c(-c4cnc(C)cn4)c4nc(c(-c5cnc(C)cn5)c5ccc2[nH]5)C=C4)C=C3)cn1. The van der Waals surface area contributed by atoms with E-state index in [4.69, 9.17) is 29.9 Å². The summed E-state index contributed by atoms with van der Waals surface area (Å²) in [4.78, 5) is 55.3. The first kappa shape index (κ1) is 30.9. The number of nitrogens with zero attached hydrogens (tertiary/aromatic N) is 10. The molecule has 0 unspecified atom stereocenters. The van der Waals surface area contributed by atoms with E-state index in [1.54, 1.807) is 49.6 Å². The Morgan fingerprint density at radius 1 is 0.327 bits per heavy atom. The Balaban J connectivity index is 1.47. The molecule has 0 amide bonds. The van der Waals surface area contributed by atoms with Crippen molar-refractivity contribution in [3.05, 3.63) is 119 Å². The molecule has 12 heteroatoms. The van der Waals surface area contributed by atoms with Crippen molar-refractivity contribution in [2.24, 2.45) is 0 Å². The van der Waals surface area contributed by atoms with Crippen molar-refractivity contribution >= 4 is 46.4 Å². The normalized spacial score (nSPS) is 12.1. The fourth-order valence-electron chi connectivity index (χ4n) is 6.37. The Morgan fingerprint density at radius 3 is 0.788 bits per heavy atom. The molecule has 2 aliphatic heterocycles. The van der Waals surface area contributed by atoms with E-state index in [-0.39, 0.29) is 0 Å². The second-order valence-electron chi connectivity index (χ2n) is 12.7.